The van der Waals surface area contributed by atoms with Crippen molar-refractivity contribution in [1.29, 1.82) is 0 Å². The molecule has 1 amide bonds. The molecule has 6 heteroatoms. The van der Waals surface area contributed by atoms with Crippen molar-refractivity contribution in [1.82, 2.24) is 9.88 Å². The van der Waals surface area contributed by atoms with Gasteiger partial charge in [0.25, 0.3) is 5.91 Å². The number of hydrogen-bond acceptors (Lipinski definition) is 5. The molecule has 0 saturated carbocycles. The van der Waals surface area contributed by atoms with E-state index in [2.05, 4.69) is 4.98 Å². The van der Waals surface area contributed by atoms with Gasteiger partial charge in [0, 0.05) is 24.1 Å². The molecule has 0 radical (unpaired) electrons. The van der Waals surface area contributed by atoms with E-state index in [1.807, 2.05) is 29.2 Å². The Kier molecular flexibility index (Phi) is 3.98. The fourth-order valence-corrected chi connectivity index (χ4v) is 3.26. The van der Waals surface area contributed by atoms with Crippen molar-refractivity contribution < 1.29 is 19.0 Å². The summed E-state index contributed by atoms with van der Waals surface area (Å²) in [5.41, 5.74) is 1.74. The van der Waals surface area contributed by atoms with Gasteiger partial charge in [0.15, 0.2) is 6.61 Å². The van der Waals surface area contributed by atoms with E-state index < -0.39 is 0 Å². The van der Waals surface area contributed by atoms with Crippen LogP contribution in [-0.2, 0) is 16.1 Å². The lowest BCUT2D eigenvalue weighted by Gasteiger charge is -2.23. The highest BCUT2D eigenvalue weighted by molar-refractivity contribution is 5.83. The number of ether oxygens (including phenoxy) is 3. The van der Waals surface area contributed by atoms with E-state index >= 15 is 0 Å². The monoisotopic (exact) mass is 328 g/mol. The van der Waals surface area contributed by atoms with Gasteiger partial charge >= 0.3 is 0 Å². The Balaban J connectivity index is 1.65. The number of carbonyl (C=O) groups excluding carboxylic acids is 1. The van der Waals surface area contributed by atoms with E-state index in [-0.39, 0.29) is 18.6 Å². The van der Waals surface area contributed by atoms with Crippen molar-refractivity contribution in [3.63, 3.8) is 0 Å². The number of fused-ring (bicyclic) bond motifs is 2. The predicted molar refractivity (Wildman–Crippen MR) is 88.2 cm³/mol. The lowest BCUT2D eigenvalue weighted by atomic mass is 10.1. The van der Waals surface area contributed by atoms with Gasteiger partial charge in [-0.1, -0.05) is 0 Å². The van der Waals surface area contributed by atoms with Crippen LogP contribution in [-0.4, -0.2) is 48.8 Å². The number of carbonyl (C=O) groups is 1. The van der Waals surface area contributed by atoms with Crippen molar-refractivity contribution in [3.05, 3.63) is 29.8 Å². The highest BCUT2D eigenvalue weighted by Crippen LogP contribution is 2.28. The SMILES string of the molecule is COc1ccc2nc3c(cc2c1)CN(C[C@H]1CCCO1)C(=O)CO3. The van der Waals surface area contributed by atoms with Crippen LogP contribution in [0.5, 0.6) is 11.6 Å². The third kappa shape index (κ3) is 2.89. The smallest absolute Gasteiger partial charge is 0.260 e. The molecular formula is C18H20N2O4. The minimum Gasteiger partial charge on any atom is -0.497 e. The van der Waals surface area contributed by atoms with Gasteiger partial charge in [-0.2, -0.15) is 0 Å². The molecule has 4 rings (SSSR count). The summed E-state index contributed by atoms with van der Waals surface area (Å²) >= 11 is 0. The van der Waals surface area contributed by atoms with Crippen molar-refractivity contribution >= 4 is 16.8 Å². The molecule has 0 N–H and O–H groups in total. The number of aromatic nitrogens is 1. The zero-order valence-electron chi connectivity index (χ0n) is 13.7. The Hall–Kier alpha value is -2.34. The van der Waals surface area contributed by atoms with Crippen LogP contribution in [0.25, 0.3) is 10.9 Å². The molecular weight excluding hydrogens is 308 g/mol. The van der Waals surface area contributed by atoms with E-state index in [0.29, 0.717) is 19.0 Å². The zero-order chi connectivity index (χ0) is 16.5. The second-order valence-electron chi connectivity index (χ2n) is 6.21. The van der Waals surface area contributed by atoms with Gasteiger partial charge in [0.05, 0.1) is 25.3 Å². The summed E-state index contributed by atoms with van der Waals surface area (Å²) in [6, 6.07) is 7.74. The van der Waals surface area contributed by atoms with Gasteiger partial charge in [-0.15, -0.1) is 0 Å². The van der Waals surface area contributed by atoms with Crippen molar-refractivity contribution in [2.75, 3.05) is 26.9 Å². The Morgan fingerprint density at radius 1 is 1.38 bits per heavy atom. The molecule has 1 aromatic heterocycles. The van der Waals surface area contributed by atoms with Crippen molar-refractivity contribution in [3.8, 4) is 11.6 Å². The summed E-state index contributed by atoms with van der Waals surface area (Å²) in [6.45, 7) is 1.91. The summed E-state index contributed by atoms with van der Waals surface area (Å²) in [4.78, 5) is 18.7. The molecule has 126 valence electrons. The number of pyridine rings is 1. The van der Waals surface area contributed by atoms with E-state index in [1.165, 1.54) is 0 Å². The largest absolute Gasteiger partial charge is 0.497 e. The minimum atomic E-state index is -0.0230. The molecule has 0 aliphatic carbocycles. The van der Waals surface area contributed by atoms with Crippen LogP contribution in [0.1, 0.15) is 18.4 Å². The fourth-order valence-electron chi connectivity index (χ4n) is 3.26. The molecule has 1 atom stereocenters. The van der Waals surface area contributed by atoms with Gasteiger partial charge < -0.3 is 19.1 Å². The number of benzene rings is 1. The first kappa shape index (κ1) is 15.2. The Morgan fingerprint density at radius 3 is 3.08 bits per heavy atom. The van der Waals surface area contributed by atoms with Gasteiger partial charge in [-0.3, -0.25) is 4.79 Å². The van der Waals surface area contributed by atoms with Crippen LogP contribution >= 0.6 is 0 Å². The van der Waals surface area contributed by atoms with Crippen LogP contribution in [0.15, 0.2) is 24.3 Å². The molecule has 0 bridgehead atoms. The first-order chi connectivity index (χ1) is 11.7. The third-order valence-electron chi connectivity index (χ3n) is 4.56. The van der Waals surface area contributed by atoms with Crippen molar-refractivity contribution in [2.45, 2.75) is 25.5 Å². The third-order valence-corrected chi connectivity index (χ3v) is 4.56. The first-order valence-electron chi connectivity index (χ1n) is 8.23. The quantitative estimate of drug-likeness (QED) is 0.864. The van der Waals surface area contributed by atoms with Crippen LogP contribution < -0.4 is 9.47 Å². The molecule has 0 spiro atoms. The highest BCUT2D eigenvalue weighted by Gasteiger charge is 2.27. The lowest BCUT2D eigenvalue weighted by Crippen LogP contribution is -2.38. The van der Waals surface area contributed by atoms with E-state index in [0.717, 1.165) is 41.7 Å². The number of hydrogen-bond donors (Lipinski definition) is 0. The molecule has 1 aromatic carbocycles. The molecule has 2 aliphatic rings. The van der Waals surface area contributed by atoms with Crippen molar-refractivity contribution in [2.24, 2.45) is 0 Å². The normalized spacial score (nSPS) is 20.6. The van der Waals surface area contributed by atoms with E-state index in [9.17, 15) is 4.79 Å². The van der Waals surface area contributed by atoms with Crippen LogP contribution in [0.3, 0.4) is 0 Å². The van der Waals surface area contributed by atoms with E-state index in [1.54, 1.807) is 7.11 Å². The molecule has 24 heavy (non-hydrogen) atoms. The maximum Gasteiger partial charge on any atom is 0.260 e. The fraction of sp³-hybridized carbons (Fsp3) is 0.444. The highest BCUT2D eigenvalue weighted by atomic mass is 16.5. The summed E-state index contributed by atoms with van der Waals surface area (Å²) in [5, 5.41) is 0.975. The number of rotatable bonds is 3. The average Bonchev–Trinajstić information content (AvgIpc) is 3.06. The summed E-state index contributed by atoms with van der Waals surface area (Å²) < 4.78 is 16.6. The zero-order valence-corrected chi connectivity index (χ0v) is 13.7. The standard InChI is InChI=1S/C18H20N2O4/c1-22-14-4-5-16-12(8-14)7-13-9-20(10-15-3-2-6-23-15)17(21)11-24-18(13)19-16/h4-5,7-8,15H,2-3,6,9-11H2,1H3/t15-/m1/s1. The molecule has 2 aromatic rings. The summed E-state index contributed by atoms with van der Waals surface area (Å²) in [5.74, 6) is 1.30. The summed E-state index contributed by atoms with van der Waals surface area (Å²) in [7, 11) is 1.64. The summed E-state index contributed by atoms with van der Waals surface area (Å²) in [6.07, 6.45) is 2.19. The molecule has 3 heterocycles. The molecule has 6 nitrogen and oxygen atoms in total. The maximum absolute atomic E-state index is 12.4. The van der Waals surface area contributed by atoms with Gasteiger partial charge in [-0.25, -0.2) is 4.98 Å². The predicted octanol–water partition coefficient (Wildman–Crippen LogP) is 2.14. The van der Waals surface area contributed by atoms with Gasteiger partial charge in [-0.05, 0) is 37.1 Å². The average molecular weight is 328 g/mol. The van der Waals surface area contributed by atoms with E-state index in [4.69, 9.17) is 14.2 Å². The van der Waals surface area contributed by atoms with Gasteiger partial charge in [0.2, 0.25) is 5.88 Å². The number of nitrogens with zero attached hydrogens (tertiary/aromatic N) is 2. The molecule has 2 aliphatic heterocycles. The maximum atomic E-state index is 12.4. The van der Waals surface area contributed by atoms with Crippen LogP contribution in [0, 0.1) is 0 Å². The van der Waals surface area contributed by atoms with Crippen LogP contribution in [0.4, 0.5) is 0 Å². The number of amides is 1. The second kappa shape index (κ2) is 6.28. The Morgan fingerprint density at radius 2 is 2.29 bits per heavy atom. The molecule has 0 unspecified atom stereocenters. The first-order valence-corrected chi connectivity index (χ1v) is 8.23. The Bertz CT molecular complexity index is 771. The van der Waals surface area contributed by atoms with Crippen LogP contribution in [0.2, 0.25) is 0 Å². The number of methoxy groups -OCH3 is 1. The van der Waals surface area contributed by atoms with Gasteiger partial charge in [0.1, 0.15) is 5.75 Å². The molecule has 1 fully saturated rings. The topological polar surface area (TPSA) is 60.9 Å². The molecule has 1 saturated heterocycles. The lowest BCUT2D eigenvalue weighted by molar-refractivity contribution is -0.134. The Labute approximate surface area is 140 Å². The second-order valence-corrected chi connectivity index (χ2v) is 6.21. The minimum absolute atomic E-state index is 0.0222.